The van der Waals surface area contributed by atoms with Gasteiger partial charge in [0.15, 0.2) is 0 Å². The quantitative estimate of drug-likeness (QED) is 0.847. The Hall–Kier alpha value is -0.180. The Morgan fingerprint density at radius 2 is 2.26 bits per heavy atom. The largest absolute Gasteiger partial charge is 0.306 e. The lowest BCUT2D eigenvalue weighted by Crippen LogP contribution is -2.47. The maximum atomic E-state index is 6.11. The number of halogens is 1. The van der Waals surface area contributed by atoms with Crippen LogP contribution in [0.2, 0.25) is 5.02 Å². The fourth-order valence-corrected chi connectivity index (χ4v) is 4.44. The van der Waals surface area contributed by atoms with E-state index >= 15 is 0 Å². The van der Waals surface area contributed by atoms with Crippen molar-refractivity contribution in [2.75, 3.05) is 11.5 Å². The third-order valence-corrected chi connectivity index (χ3v) is 5.48. The van der Waals surface area contributed by atoms with Crippen molar-refractivity contribution in [3.05, 3.63) is 34.9 Å². The summed E-state index contributed by atoms with van der Waals surface area (Å²) in [5.41, 5.74) is 1.69. The van der Waals surface area contributed by atoms with Gasteiger partial charge in [-0.1, -0.05) is 44.5 Å². The van der Waals surface area contributed by atoms with Crippen LogP contribution in [0, 0.1) is 5.41 Å². The van der Waals surface area contributed by atoms with Crippen LogP contribution in [0.25, 0.3) is 0 Å². The van der Waals surface area contributed by atoms with E-state index in [9.17, 15) is 0 Å². The molecule has 2 unspecified atom stereocenters. The summed E-state index contributed by atoms with van der Waals surface area (Å²) in [5.74, 6) is 2.50. The maximum absolute atomic E-state index is 6.11. The highest BCUT2D eigenvalue weighted by atomic mass is 35.5. The van der Waals surface area contributed by atoms with Crippen LogP contribution >= 0.6 is 23.4 Å². The van der Waals surface area contributed by atoms with E-state index in [-0.39, 0.29) is 0 Å². The number of thioether (sulfide) groups is 1. The Balaban J connectivity index is 2.10. The second kappa shape index (κ2) is 6.51. The van der Waals surface area contributed by atoms with Crippen LogP contribution in [0.1, 0.15) is 45.2 Å². The molecule has 0 amide bonds. The summed E-state index contributed by atoms with van der Waals surface area (Å²) in [6.45, 7) is 7.01. The highest BCUT2D eigenvalue weighted by molar-refractivity contribution is 7.99. The van der Waals surface area contributed by atoms with Crippen LogP contribution in [0.5, 0.6) is 0 Å². The van der Waals surface area contributed by atoms with E-state index in [1.807, 2.05) is 12.1 Å². The minimum atomic E-state index is 0.386. The highest BCUT2D eigenvalue weighted by Gasteiger charge is 2.33. The van der Waals surface area contributed by atoms with Crippen molar-refractivity contribution in [2.24, 2.45) is 5.41 Å². The van der Waals surface area contributed by atoms with Gasteiger partial charge >= 0.3 is 0 Å². The van der Waals surface area contributed by atoms with Crippen LogP contribution in [0.15, 0.2) is 24.3 Å². The first kappa shape index (κ1) is 15.2. The van der Waals surface area contributed by atoms with Crippen LogP contribution in [0.4, 0.5) is 0 Å². The van der Waals surface area contributed by atoms with Gasteiger partial charge in [-0.25, -0.2) is 0 Å². The molecule has 19 heavy (non-hydrogen) atoms. The zero-order chi connectivity index (χ0) is 13.9. The molecule has 3 heteroatoms. The number of rotatable bonds is 4. The van der Waals surface area contributed by atoms with Gasteiger partial charge in [-0.2, -0.15) is 11.8 Å². The van der Waals surface area contributed by atoms with E-state index in [1.54, 1.807) is 0 Å². The number of hydrogen-bond donors (Lipinski definition) is 1. The molecule has 1 aliphatic heterocycles. The van der Waals surface area contributed by atoms with Crippen LogP contribution in [0.3, 0.4) is 0 Å². The topological polar surface area (TPSA) is 12.0 Å². The first-order valence-corrected chi connectivity index (χ1v) is 8.65. The van der Waals surface area contributed by atoms with Crippen LogP contribution in [-0.4, -0.2) is 17.5 Å². The van der Waals surface area contributed by atoms with E-state index in [0.29, 0.717) is 17.5 Å². The summed E-state index contributed by atoms with van der Waals surface area (Å²) in [6.07, 6.45) is 2.39. The fourth-order valence-electron chi connectivity index (χ4n) is 2.63. The third kappa shape index (κ3) is 3.90. The van der Waals surface area contributed by atoms with Gasteiger partial charge in [-0.3, -0.25) is 0 Å². The van der Waals surface area contributed by atoms with Crippen LogP contribution < -0.4 is 5.32 Å². The molecule has 1 saturated heterocycles. The Morgan fingerprint density at radius 1 is 1.47 bits per heavy atom. The molecule has 1 N–H and O–H groups in total. The van der Waals surface area contributed by atoms with E-state index in [0.717, 1.165) is 11.4 Å². The predicted molar refractivity (Wildman–Crippen MR) is 87.1 cm³/mol. The van der Waals surface area contributed by atoms with E-state index in [4.69, 9.17) is 11.6 Å². The lowest BCUT2D eigenvalue weighted by Gasteiger charge is -2.41. The summed E-state index contributed by atoms with van der Waals surface area (Å²) in [7, 11) is 0. The average molecular weight is 298 g/mol. The Kier molecular flexibility index (Phi) is 5.22. The Bertz CT molecular complexity index is 419. The van der Waals surface area contributed by atoms with E-state index in [2.05, 4.69) is 50.0 Å². The maximum Gasteiger partial charge on any atom is 0.0409 e. The number of benzene rings is 1. The molecule has 1 aliphatic rings. The molecule has 0 saturated carbocycles. The Morgan fingerprint density at radius 3 is 2.89 bits per heavy atom. The summed E-state index contributed by atoms with van der Waals surface area (Å²) in [4.78, 5) is 0. The van der Waals surface area contributed by atoms with Gasteiger partial charge in [0.1, 0.15) is 0 Å². The molecule has 0 radical (unpaired) electrons. The second-order valence-electron chi connectivity index (χ2n) is 6.05. The lowest BCUT2D eigenvalue weighted by atomic mass is 9.81. The van der Waals surface area contributed by atoms with Gasteiger partial charge in [-0.15, -0.1) is 0 Å². The minimum Gasteiger partial charge on any atom is -0.306 e. The molecule has 0 spiro atoms. The predicted octanol–water partition coefficient (Wildman–Crippen LogP) is 4.91. The second-order valence-corrected chi connectivity index (χ2v) is 7.63. The molecule has 2 atom stereocenters. The number of hydrogen-bond acceptors (Lipinski definition) is 2. The zero-order valence-corrected chi connectivity index (χ0v) is 13.7. The fraction of sp³-hybridized carbons (Fsp3) is 0.625. The molecule has 106 valence electrons. The smallest absolute Gasteiger partial charge is 0.0409 e. The standard InChI is InChI=1S/C16H24ClNS/c1-4-14(12-6-5-7-13(17)10-12)18-15-11-19-9-8-16(15,2)3/h5-7,10,14-15,18H,4,8-9,11H2,1-3H3. The van der Waals surface area contributed by atoms with Gasteiger partial charge < -0.3 is 5.32 Å². The molecule has 0 aromatic heterocycles. The highest BCUT2D eigenvalue weighted by Crippen LogP contribution is 2.36. The van der Waals surface area contributed by atoms with Gasteiger partial charge in [0.05, 0.1) is 0 Å². The molecule has 1 aromatic carbocycles. The summed E-state index contributed by atoms with van der Waals surface area (Å²) >= 11 is 8.18. The van der Waals surface area contributed by atoms with Gasteiger partial charge in [0.25, 0.3) is 0 Å². The van der Waals surface area contributed by atoms with Crippen molar-refractivity contribution >= 4 is 23.4 Å². The van der Waals surface area contributed by atoms with Crippen molar-refractivity contribution < 1.29 is 0 Å². The van der Waals surface area contributed by atoms with Gasteiger partial charge in [-0.05, 0) is 41.7 Å². The minimum absolute atomic E-state index is 0.386. The Labute approximate surface area is 126 Å². The normalized spacial score (nSPS) is 24.1. The third-order valence-electron chi connectivity index (χ3n) is 4.18. The van der Waals surface area contributed by atoms with Gasteiger partial charge in [0, 0.05) is 22.9 Å². The molecule has 1 aromatic rings. The number of nitrogens with one attached hydrogen (secondary N) is 1. The summed E-state index contributed by atoms with van der Waals surface area (Å²) < 4.78 is 0. The van der Waals surface area contributed by atoms with Crippen molar-refractivity contribution in [1.29, 1.82) is 0 Å². The SMILES string of the molecule is CCC(NC1CSCCC1(C)C)c1cccc(Cl)c1. The van der Waals surface area contributed by atoms with Crippen molar-refractivity contribution in [3.8, 4) is 0 Å². The van der Waals surface area contributed by atoms with Crippen molar-refractivity contribution in [1.82, 2.24) is 5.32 Å². The summed E-state index contributed by atoms with van der Waals surface area (Å²) in [6, 6.07) is 9.24. The lowest BCUT2D eigenvalue weighted by molar-refractivity contribution is 0.226. The molecule has 0 bridgehead atoms. The molecule has 2 rings (SSSR count). The van der Waals surface area contributed by atoms with E-state index < -0.39 is 0 Å². The van der Waals surface area contributed by atoms with Crippen LogP contribution in [-0.2, 0) is 0 Å². The molecule has 0 aliphatic carbocycles. The van der Waals surface area contributed by atoms with Crippen molar-refractivity contribution in [3.63, 3.8) is 0 Å². The van der Waals surface area contributed by atoms with E-state index in [1.165, 1.54) is 23.5 Å². The summed E-state index contributed by atoms with van der Waals surface area (Å²) in [5, 5.41) is 4.69. The average Bonchev–Trinajstić information content (AvgIpc) is 2.37. The van der Waals surface area contributed by atoms with Gasteiger partial charge in [0.2, 0.25) is 0 Å². The molecule has 1 heterocycles. The monoisotopic (exact) mass is 297 g/mol. The first-order chi connectivity index (χ1) is 9.03. The first-order valence-electron chi connectivity index (χ1n) is 7.12. The molecular formula is C16H24ClNS. The zero-order valence-electron chi connectivity index (χ0n) is 12.1. The molecule has 1 fully saturated rings. The molecular weight excluding hydrogens is 274 g/mol. The molecule has 1 nitrogen and oxygen atoms in total. The van der Waals surface area contributed by atoms with Crippen molar-refractivity contribution in [2.45, 2.75) is 45.7 Å².